The molecule has 1 saturated heterocycles. The molecule has 1 saturated carbocycles. The molecule has 136 valence electrons. The normalized spacial score (nSPS) is 25.5. The van der Waals surface area contributed by atoms with Gasteiger partial charge in [0.15, 0.2) is 18.0 Å². The number of hydrogen-bond acceptors (Lipinski definition) is 3. The van der Waals surface area contributed by atoms with Crippen molar-refractivity contribution < 1.29 is 24.1 Å². The van der Waals surface area contributed by atoms with Gasteiger partial charge in [-0.25, -0.2) is 0 Å². The van der Waals surface area contributed by atoms with Gasteiger partial charge in [0.05, 0.1) is 0 Å². The van der Waals surface area contributed by atoms with Gasteiger partial charge < -0.3 is 24.6 Å². The van der Waals surface area contributed by atoms with Gasteiger partial charge in [-0.15, -0.1) is 0 Å². The van der Waals surface area contributed by atoms with Crippen LogP contribution in [0.5, 0.6) is 11.5 Å². The van der Waals surface area contributed by atoms with Crippen LogP contribution in [0.4, 0.5) is 0 Å². The lowest BCUT2D eigenvalue weighted by Gasteiger charge is -2.30. The third-order valence-electron chi connectivity index (χ3n) is 5.17. The van der Waals surface area contributed by atoms with E-state index < -0.39 is 0 Å². The van der Waals surface area contributed by atoms with E-state index in [0.29, 0.717) is 25.8 Å². The van der Waals surface area contributed by atoms with Crippen LogP contribution in [0.15, 0.2) is 16.6 Å². The molecule has 0 atom stereocenters. The summed E-state index contributed by atoms with van der Waals surface area (Å²) in [7, 11) is 0. The quantitative estimate of drug-likeness (QED) is 0.569. The Labute approximate surface area is 156 Å². The third kappa shape index (κ3) is 4.46. The fraction of sp³-hybridized carbons (Fsp3) is 0.611. The van der Waals surface area contributed by atoms with Gasteiger partial charge in [0.2, 0.25) is 0 Å². The van der Waals surface area contributed by atoms with E-state index in [-0.39, 0.29) is 5.91 Å². The van der Waals surface area contributed by atoms with Crippen molar-refractivity contribution in [1.82, 2.24) is 5.32 Å². The SMILES string of the molecule is O=C(C[NH+]1CC[NH+](Cc2cc3c(cc2Br)OCCO3)CC1)NC1CC1. The highest BCUT2D eigenvalue weighted by Crippen LogP contribution is 2.35. The maximum Gasteiger partial charge on any atom is 0.275 e. The van der Waals surface area contributed by atoms with Gasteiger partial charge in [-0.3, -0.25) is 4.79 Å². The lowest BCUT2D eigenvalue weighted by molar-refractivity contribution is -1.02. The monoisotopic (exact) mass is 411 g/mol. The van der Waals surface area contributed by atoms with Crippen molar-refractivity contribution in [3.8, 4) is 11.5 Å². The molecule has 4 rings (SSSR count). The molecule has 1 amide bonds. The Hall–Kier alpha value is -1.31. The molecular weight excluding hydrogens is 386 g/mol. The van der Waals surface area contributed by atoms with E-state index in [1.807, 2.05) is 6.07 Å². The molecule has 0 spiro atoms. The van der Waals surface area contributed by atoms with E-state index in [1.54, 1.807) is 4.90 Å². The average Bonchev–Trinajstić information content (AvgIpc) is 3.41. The lowest BCUT2D eigenvalue weighted by atomic mass is 10.1. The van der Waals surface area contributed by atoms with Gasteiger partial charge in [-0.1, -0.05) is 15.9 Å². The van der Waals surface area contributed by atoms with Crippen LogP contribution in [-0.4, -0.2) is 57.9 Å². The standard InChI is InChI=1S/C18H24BrN3O3/c19-15-10-17-16(24-7-8-25-17)9-13(15)11-21-3-5-22(6-4-21)12-18(23)20-14-1-2-14/h9-10,14H,1-8,11-12H2,(H,20,23)/p+2. The van der Waals surface area contributed by atoms with Crippen molar-refractivity contribution in [2.24, 2.45) is 0 Å². The number of fused-ring (bicyclic) bond motifs is 1. The molecule has 2 aliphatic heterocycles. The number of benzene rings is 1. The van der Waals surface area contributed by atoms with Crippen molar-refractivity contribution in [3.05, 3.63) is 22.2 Å². The Balaban J connectivity index is 1.29. The Morgan fingerprint density at radius 2 is 1.72 bits per heavy atom. The molecule has 2 fully saturated rings. The van der Waals surface area contributed by atoms with Crippen LogP contribution in [0.3, 0.4) is 0 Å². The maximum absolute atomic E-state index is 11.9. The number of nitrogens with one attached hydrogen (secondary N) is 3. The van der Waals surface area contributed by atoms with Crippen LogP contribution >= 0.6 is 15.9 Å². The molecule has 1 aromatic carbocycles. The molecule has 0 unspecified atom stereocenters. The van der Waals surface area contributed by atoms with E-state index in [1.165, 1.54) is 10.5 Å². The van der Waals surface area contributed by atoms with E-state index in [0.717, 1.165) is 61.5 Å². The summed E-state index contributed by atoms with van der Waals surface area (Å²) in [6.07, 6.45) is 2.31. The largest absolute Gasteiger partial charge is 0.486 e. The zero-order valence-corrected chi connectivity index (χ0v) is 16.0. The summed E-state index contributed by atoms with van der Waals surface area (Å²) in [6, 6.07) is 4.59. The fourth-order valence-corrected chi connectivity index (χ4v) is 4.02. The number of amides is 1. The highest BCUT2D eigenvalue weighted by molar-refractivity contribution is 9.10. The first-order valence-corrected chi connectivity index (χ1v) is 10.0. The number of ether oxygens (including phenoxy) is 2. The molecule has 1 aromatic rings. The number of carbonyl (C=O) groups excluding carboxylic acids is 1. The van der Waals surface area contributed by atoms with Gasteiger partial charge in [0.25, 0.3) is 5.91 Å². The van der Waals surface area contributed by atoms with Crippen molar-refractivity contribution in [1.29, 1.82) is 0 Å². The van der Waals surface area contributed by atoms with Gasteiger partial charge in [0.1, 0.15) is 45.9 Å². The summed E-state index contributed by atoms with van der Waals surface area (Å²) in [6.45, 7) is 7.11. The van der Waals surface area contributed by atoms with Crippen molar-refractivity contribution in [2.45, 2.75) is 25.4 Å². The summed E-state index contributed by atoms with van der Waals surface area (Å²) in [5.41, 5.74) is 1.26. The number of piperazine rings is 1. The van der Waals surface area contributed by atoms with Crippen LogP contribution in [0, 0.1) is 0 Å². The summed E-state index contributed by atoms with van der Waals surface area (Å²) in [5.74, 6) is 1.90. The first-order valence-electron chi connectivity index (χ1n) is 9.22. The molecule has 1 aliphatic carbocycles. The number of rotatable bonds is 5. The smallest absolute Gasteiger partial charge is 0.275 e. The lowest BCUT2D eigenvalue weighted by Crippen LogP contribution is -3.28. The van der Waals surface area contributed by atoms with Crippen LogP contribution in [0.1, 0.15) is 18.4 Å². The van der Waals surface area contributed by atoms with Crippen molar-refractivity contribution in [3.63, 3.8) is 0 Å². The first kappa shape index (κ1) is 17.1. The van der Waals surface area contributed by atoms with Crippen LogP contribution in [-0.2, 0) is 11.3 Å². The second-order valence-electron chi connectivity index (χ2n) is 7.28. The Kier molecular flexibility index (Phi) is 5.15. The Bertz CT molecular complexity index is 643. The van der Waals surface area contributed by atoms with Gasteiger partial charge in [-0.2, -0.15) is 0 Å². The molecule has 6 nitrogen and oxygen atoms in total. The number of halogens is 1. The number of hydrogen-bond donors (Lipinski definition) is 3. The Morgan fingerprint density at radius 3 is 2.40 bits per heavy atom. The molecular formula is C18H26BrN3O3+2. The molecule has 3 N–H and O–H groups in total. The molecule has 2 heterocycles. The average molecular weight is 412 g/mol. The minimum atomic E-state index is 0.218. The highest BCUT2D eigenvalue weighted by atomic mass is 79.9. The summed E-state index contributed by atoms with van der Waals surface area (Å²) in [4.78, 5) is 14.9. The van der Waals surface area contributed by atoms with Gasteiger partial charge >= 0.3 is 0 Å². The second kappa shape index (κ2) is 7.51. The minimum Gasteiger partial charge on any atom is -0.486 e. The number of carbonyl (C=O) groups is 1. The topological polar surface area (TPSA) is 56.4 Å². The van der Waals surface area contributed by atoms with E-state index in [9.17, 15) is 4.79 Å². The van der Waals surface area contributed by atoms with Gasteiger partial charge in [0, 0.05) is 16.1 Å². The van der Waals surface area contributed by atoms with Crippen LogP contribution in [0.2, 0.25) is 0 Å². The molecule has 3 aliphatic rings. The Morgan fingerprint density at radius 1 is 1.08 bits per heavy atom. The van der Waals surface area contributed by atoms with Crippen molar-refractivity contribution >= 4 is 21.8 Å². The predicted octanol–water partition coefficient (Wildman–Crippen LogP) is -1.22. The van der Waals surface area contributed by atoms with Crippen LogP contribution < -0.4 is 24.6 Å². The molecule has 0 bridgehead atoms. The summed E-state index contributed by atoms with van der Waals surface area (Å²) in [5, 5.41) is 3.09. The third-order valence-corrected chi connectivity index (χ3v) is 5.91. The minimum absolute atomic E-state index is 0.218. The summed E-state index contributed by atoms with van der Waals surface area (Å²) < 4.78 is 12.4. The molecule has 7 heteroatoms. The first-order chi connectivity index (χ1) is 12.2. The van der Waals surface area contributed by atoms with Crippen molar-refractivity contribution in [2.75, 3.05) is 45.9 Å². The molecule has 25 heavy (non-hydrogen) atoms. The predicted molar refractivity (Wildman–Crippen MR) is 96.3 cm³/mol. The summed E-state index contributed by atoms with van der Waals surface area (Å²) >= 11 is 3.67. The fourth-order valence-electron chi connectivity index (χ4n) is 3.55. The second-order valence-corrected chi connectivity index (χ2v) is 8.14. The zero-order valence-electron chi connectivity index (χ0n) is 14.4. The van der Waals surface area contributed by atoms with E-state index in [2.05, 4.69) is 27.3 Å². The highest BCUT2D eigenvalue weighted by Gasteiger charge is 2.28. The number of quaternary nitrogens is 2. The molecule has 0 radical (unpaired) electrons. The molecule has 0 aromatic heterocycles. The van der Waals surface area contributed by atoms with E-state index in [4.69, 9.17) is 9.47 Å². The van der Waals surface area contributed by atoms with Gasteiger partial charge in [-0.05, 0) is 25.0 Å². The van der Waals surface area contributed by atoms with Crippen LogP contribution in [0.25, 0.3) is 0 Å². The maximum atomic E-state index is 11.9. The van der Waals surface area contributed by atoms with E-state index >= 15 is 0 Å². The zero-order chi connectivity index (χ0) is 17.2.